The molecule has 0 saturated carbocycles. The van der Waals surface area contributed by atoms with Gasteiger partial charge in [0.2, 0.25) is 0 Å². The van der Waals surface area contributed by atoms with Gasteiger partial charge >= 0.3 is 0 Å². The zero-order valence-electron chi connectivity index (χ0n) is 10.8. The molecule has 0 rings (SSSR count). The normalized spacial score (nSPS) is 17.1. The predicted octanol–water partition coefficient (Wildman–Crippen LogP) is 1.63. The van der Waals surface area contributed by atoms with Crippen LogP contribution in [0.25, 0.3) is 0 Å². The van der Waals surface area contributed by atoms with Crippen molar-refractivity contribution >= 4 is 11.8 Å². The summed E-state index contributed by atoms with van der Waals surface area (Å²) in [5, 5.41) is 22.2. The summed E-state index contributed by atoms with van der Waals surface area (Å²) in [5.41, 5.74) is 0. The first-order chi connectivity index (χ1) is 7.69. The Morgan fingerprint density at radius 3 is 2.38 bits per heavy atom. The van der Waals surface area contributed by atoms with Gasteiger partial charge in [-0.15, -0.1) is 0 Å². The van der Waals surface area contributed by atoms with Crippen LogP contribution in [0, 0.1) is 0 Å². The van der Waals surface area contributed by atoms with E-state index in [1.165, 1.54) is 12.8 Å². The Labute approximate surface area is 104 Å². The molecule has 0 spiro atoms. The average molecular weight is 249 g/mol. The molecular weight excluding hydrogens is 222 g/mol. The van der Waals surface area contributed by atoms with Crippen LogP contribution in [0.2, 0.25) is 0 Å². The summed E-state index contributed by atoms with van der Waals surface area (Å²) in [4.78, 5) is 0. The van der Waals surface area contributed by atoms with Crippen molar-refractivity contribution in [1.82, 2.24) is 5.32 Å². The lowest BCUT2D eigenvalue weighted by Crippen LogP contribution is -2.38. The third kappa shape index (κ3) is 6.74. The number of hydrogen-bond donors (Lipinski definition) is 3. The zero-order chi connectivity index (χ0) is 12.4. The molecule has 0 radical (unpaired) electrons. The Kier molecular flexibility index (Phi) is 10.5. The first kappa shape index (κ1) is 16.2. The molecule has 98 valence electrons. The second kappa shape index (κ2) is 10.4. The minimum Gasteiger partial charge on any atom is -0.394 e. The molecule has 3 unspecified atom stereocenters. The van der Waals surface area contributed by atoms with Crippen molar-refractivity contribution in [2.24, 2.45) is 0 Å². The van der Waals surface area contributed by atoms with E-state index in [1.54, 1.807) is 11.8 Å². The van der Waals surface area contributed by atoms with Gasteiger partial charge in [0.1, 0.15) is 0 Å². The number of aliphatic hydroxyl groups excluding tert-OH is 2. The lowest BCUT2D eigenvalue weighted by atomic mass is 10.1. The van der Waals surface area contributed by atoms with E-state index in [2.05, 4.69) is 26.1 Å². The number of nitrogens with one attached hydrogen (secondary N) is 1. The van der Waals surface area contributed by atoms with Gasteiger partial charge in [0.15, 0.2) is 0 Å². The molecule has 3 atom stereocenters. The highest BCUT2D eigenvalue weighted by molar-refractivity contribution is 8.00. The van der Waals surface area contributed by atoms with Gasteiger partial charge in [-0.1, -0.05) is 27.2 Å². The van der Waals surface area contributed by atoms with Crippen LogP contribution in [0.4, 0.5) is 0 Å². The molecule has 3 nitrogen and oxygen atoms in total. The molecule has 0 saturated heterocycles. The number of hydrogen-bond acceptors (Lipinski definition) is 4. The third-order valence-electron chi connectivity index (χ3n) is 2.63. The summed E-state index contributed by atoms with van der Waals surface area (Å²) < 4.78 is 0. The van der Waals surface area contributed by atoms with E-state index in [0.717, 1.165) is 13.0 Å². The molecule has 3 N–H and O–H groups in total. The highest BCUT2D eigenvalue weighted by atomic mass is 32.2. The van der Waals surface area contributed by atoms with Crippen LogP contribution in [-0.2, 0) is 0 Å². The Hall–Kier alpha value is 0.230. The second-order valence-corrected chi connectivity index (χ2v) is 5.34. The van der Waals surface area contributed by atoms with Gasteiger partial charge in [-0.05, 0) is 19.4 Å². The van der Waals surface area contributed by atoms with Crippen molar-refractivity contribution in [3.63, 3.8) is 0 Å². The molecule has 0 amide bonds. The monoisotopic (exact) mass is 249 g/mol. The Balaban J connectivity index is 4.08. The molecule has 0 aromatic rings. The average Bonchev–Trinajstić information content (AvgIpc) is 2.30. The largest absolute Gasteiger partial charge is 0.394 e. The predicted molar refractivity (Wildman–Crippen MR) is 72.0 cm³/mol. The lowest BCUT2D eigenvalue weighted by molar-refractivity contribution is 0.113. The molecule has 0 aliphatic rings. The minimum absolute atomic E-state index is 0.136. The van der Waals surface area contributed by atoms with Crippen LogP contribution in [0.15, 0.2) is 0 Å². The minimum atomic E-state index is -0.581. The van der Waals surface area contributed by atoms with Gasteiger partial charge in [-0.25, -0.2) is 0 Å². The van der Waals surface area contributed by atoms with E-state index in [1.807, 2.05) is 0 Å². The highest BCUT2D eigenvalue weighted by Crippen LogP contribution is 2.22. The van der Waals surface area contributed by atoms with Crippen molar-refractivity contribution < 1.29 is 10.2 Å². The van der Waals surface area contributed by atoms with Crippen LogP contribution in [0.1, 0.15) is 40.0 Å². The van der Waals surface area contributed by atoms with Crippen LogP contribution in [0.3, 0.4) is 0 Å². The maximum absolute atomic E-state index is 9.35. The molecule has 0 aliphatic carbocycles. The van der Waals surface area contributed by atoms with E-state index < -0.39 is 6.10 Å². The molecule has 4 heteroatoms. The highest BCUT2D eigenvalue weighted by Gasteiger charge is 2.19. The lowest BCUT2D eigenvalue weighted by Gasteiger charge is -2.27. The molecule has 0 bridgehead atoms. The maximum atomic E-state index is 9.35. The van der Waals surface area contributed by atoms with Gasteiger partial charge in [0.25, 0.3) is 0 Å². The first-order valence-corrected chi connectivity index (χ1v) is 7.38. The summed E-state index contributed by atoms with van der Waals surface area (Å²) in [6.45, 7) is 7.36. The van der Waals surface area contributed by atoms with E-state index in [4.69, 9.17) is 5.11 Å². The fourth-order valence-electron chi connectivity index (χ4n) is 1.80. The number of aliphatic hydroxyl groups is 2. The van der Waals surface area contributed by atoms with E-state index in [0.29, 0.717) is 17.0 Å². The third-order valence-corrected chi connectivity index (χ3v) is 4.30. The van der Waals surface area contributed by atoms with Crippen molar-refractivity contribution in [1.29, 1.82) is 0 Å². The van der Waals surface area contributed by atoms with Crippen LogP contribution >= 0.6 is 11.8 Å². The standard InChI is InChI=1S/C12H27NO2S/c1-4-7-11(13-6-3)12(5-2)16-9-10(15)8-14/h10-15H,4-9H2,1-3H3. The van der Waals surface area contributed by atoms with Gasteiger partial charge in [-0.3, -0.25) is 0 Å². The van der Waals surface area contributed by atoms with Crippen molar-refractivity contribution in [2.75, 3.05) is 18.9 Å². The summed E-state index contributed by atoms with van der Waals surface area (Å²) in [6.07, 6.45) is 2.87. The second-order valence-electron chi connectivity index (χ2n) is 4.07. The van der Waals surface area contributed by atoms with Gasteiger partial charge < -0.3 is 15.5 Å². The Morgan fingerprint density at radius 1 is 1.25 bits per heavy atom. The van der Waals surface area contributed by atoms with Crippen molar-refractivity contribution in [2.45, 2.75) is 57.4 Å². The molecule has 0 aromatic carbocycles. The SMILES string of the molecule is CCCC(NCC)C(CC)SCC(O)CO. The van der Waals surface area contributed by atoms with Crippen molar-refractivity contribution in [3.8, 4) is 0 Å². The Bertz CT molecular complexity index is 152. The van der Waals surface area contributed by atoms with E-state index >= 15 is 0 Å². The Morgan fingerprint density at radius 2 is 1.94 bits per heavy atom. The summed E-state index contributed by atoms with van der Waals surface area (Å²) in [7, 11) is 0. The molecule has 0 heterocycles. The van der Waals surface area contributed by atoms with Crippen LogP contribution < -0.4 is 5.32 Å². The summed E-state index contributed by atoms with van der Waals surface area (Å²) >= 11 is 1.77. The molecule has 0 aromatic heterocycles. The van der Waals surface area contributed by atoms with Crippen LogP contribution in [0.5, 0.6) is 0 Å². The maximum Gasteiger partial charge on any atom is 0.0861 e. The van der Waals surface area contributed by atoms with Crippen LogP contribution in [-0.4, -0.2) is 46.5 Å². The number of rotatable bonds is 10. The fourth-order valence-corrected chi connectivity index (χ4v) is 3.07. The van der Waals surface area contributed by atoms with Gasteiger partial charge in [-0.2, -0.15) is 11.8 Å². The van der Waals surface area contributed by atoms with Gasteiger partial charge in [0.05, 0.1) is 12.7 Å². The molecule has 0 fully saturated rings. The number of thioether (sulfide) groups is 1. The molecule has 0 aliphatic heterocycles. The first-order valence-electron chi connectivity index (χ1n) is 6.33. The molecule has 16 heavy (non-hydrogen) atoms. The summed E-state index contributed by atoms with van der Waals surface area (Å²) in [5.74, 6) is 0.626. The van der Waals surface area contributed by atoms with Gasteiger partial charge in [0, 0.05) is 17.0 Å². The quantitative estimate of drug-likeness (QED) is 0.551. The van der Waals surface area contributed by atoms with Crippen molar-refractivity contribution in [3.05, 3.63) is 0 Å². The fraction of sp³-hybridized carbons (Fsp3) is 1.00. The topological polar surface area (TPSA) is 52.5 Å². The molecular formula is C12H27NO2S. The smallest absolute Gasteiger partial charge is 0.0861 e. The zero-order valence-corrected chi connectivity index (χ0v) is 11.6. The van der Waals surface area contributed by atoms with E-state index in [-0.39, 0.29) is 6.61 Å². The summed E-state index contributed by atoms with van der Waals surface area (Å²) in [6, 6.07) is 0.524. The van der Waals surface area contributed by atoms with E-state index in [9.17, 15) is 5.11 Å².